The number of aryl methyl sites for hydroxylation is 2. The molecule has 0 N–H and O–H groups in total. The molecule has 0 amide bonds. The van der Waals surface area contributed by atoms with E-state index < -0.39 is 6.04 Å². The average Bonchev–Trinajstić information content (AvgIpc) is 2.81. The molecule has 0 spiro atoms. The van der Waals surface area contributed by atoms with E-state index in [0.717, 1.165) is 33.6 Å². The summed E-state index contributed by atoms with van der Waals surface area (Å²) >= 11 is 0. The van der Waals surface area contributed by atoms with E-state index in [0.29, 0.717) is 6.42 Å². The zero-order chi connectivity index (χ0) is 21.6. The van der Waals surface area contributed by atoms with Crippen molar-refractivity contribution in [3.63, 3.8) is 0 Å². The van der Waals surface area contributed by atoms with Crippen LogP contribution in [0.25, 0.3) is 11.1 Å². The van der Waals surface area contributed by atoms with Gasteiger partial charge >= 0.3 is 0 Å². The maximum atomic E-state index is 11.8. The van der Waals surface area contributed by atoms with Crippen LogP contribution in [-0.4, -0.2) is 9.97 Å². The summed E-state index contributed by atoms with van der Waals surface area (Å²) in [7, 11) is 0. The SMILES string of the molecule is Cc1cc(C(CC(c2ccc(-c3ccccc3)cc2)c2ncccc2C)N=O)ccn1. The summed E-state index contributed by atoms with van der Waals surface area (Å²) in [5.74, 6) is -0.0396. The highest BCUT2D eigenvalue weighted by atomic mass is 16.3. The molecule has 0 radical (unpaired) electrons. The Hall–Kier alpha value is -3.66. The lowest BCUT2D eigenvalue weighted by atomic mass is 9.85. The minimum Gasteiger partial charge on any atom is -0.262 e. The molecule has 4 rings (SSSR count). The molecule has 4 heteroatoms. The van der Waals surface area contributed by atoms with Crippen LogP contribution in [0.3, 0.4) is 0 Å². The van der Waals surface area contributed by atoms with Crippen molar-refractivity contribution in [1.82, 2.24) is 9.97 Å². The maximum absolute atomic E-state index is 11.8. The van der Waals surface area contributed by atoms with Crippen molar-refractivity contribution in [2.24, 2.45) is 5.18 Å². The predicted molar refractivity (Wildman–Crippen MR) is 125 cm³/mol. The van der Waals surface area contributed by atoms with Crippen molar-refractivity contribution in [3.8, 4) is 11.1 Å². The van der Waals surface area contributed by atoms with E-state index in [9.17, 15) is 4.91 Å². The van der Waals surface area contributed by atoms with Crippen molar-refractivity contribution in [1.29, 1.82) is 0 Å². The van der Waals surface area contributed by atoms with Crippen LogP contribution in [0.4, 0.5) is 0 Å². The van der Waals surface area contributed by atoms with Gasteiger partial charge in [-0.05, 0) is 66.3 Å². The molecule has 0 bridgehead atoms. The normalized spacial score (nSPS) is 12.8. The molecule has 2 aromatic carbocycles. The molecule has 0 fully saturated rings. The highest BCUT2D eigenvalue weighted by Crippen LogP contribution is 2.37. The van der Waals surface area contributed by atoms with E-state index >= 15 is 0 Å². The fourth-order valence-electron chi connectivity index (χ4n) is 4.04. The number of rotatable bonds is 7. The van der Waals surface area contributed by atoms with Crippen LogP contribution >= 0.6 is 0 Å². The Morgan fingerprint density at radius 3 is 2.19 bits per heavy atom. The number of hydrogen-bond donors (Lipinski definition) is 0. The lowest BCUT2D eigenvalue weighted by Crippen LogP contribution is -2.10. The molecule has 4 nitrogen and oxygen atoms in total. The van der Waals surface area contributed by atoms with Crippen molar-refractivity contribution < 1.29 is 0 Å². The molecule has 31 heavy (non-hydrogen) atoms. The van der Waals surface area contributed by atoms with Crippen LogP contribution in [0, 0.1) is 18.8 Å². The number of hydrogen-bond acceptors (Lipinski definition) is 4. The zero-order valence-corrected chi connectivity index (χ0v) is 17.8. The summed E-state index contributed by atoms with van der Waals surface area (Å²) in [6, 6.07) is 26.2. The fraction of sp³-hybridized carbons (Fsp3) is 0.185. The Kier molecular flexibility index (Phi) is 6.27. The van der Waals surface area contributed by atoms with E-state index in [-0.39, 0.29) is 5.92 Å². The fourth-order valence-corrected chi connectivity index (χ4v) is 4.04. The second-order valence-corrected chi connectivity index (χ2v) is 7.83. The minimum absolute atomic E-state index is 0.0396. The first kappa shape index (κ1) is 20.6. The molecule has 2 atom stereocenters. The lowest BCUT2D eigenvalue weighted by Gasteiger charge is -2.22. The zero-order valence-electron chi connectivity index (χ0n) is 17.8. The van der Waals surface area contributed by atoms with E-state index in [1.807, 2.05) is 49.5 Å². The molecular weight excluding hydrogens is 382 g/mol. The van der Waals surface area contributed by atoms with Gasteiger partial charge in [0.1, 0.15) is 6.04 Å². The highest BCUT2D eigenvalue weighted by molar-refractivity contribution is 5.63. The summed E-state index contributed by atoms with van der Waals surface area (Å²) in [6.45, 7) is 3.99. The third-order valence-electron chi connectivity index (χ3n) is 5.69. The summed E-state index contributed by atoms with van der Waals surface area (Å²) < 4.78 is 0. The lowest BCUT2D eigenvalue weighted by molar-refractivity contribution is 0.582. The van der Waals surface area contributed by atoms with Gasteiger partial charge in [-0.25, -0.2) is 0 Å². The summed E-state index contributed by atoms with van der Waals surface area (Å²) in [5.41, 5.74) is 7.33. The molecule has 0 saturated carbocycles. The summed E-state index contributed by atoms with van der Waals surface area (Å²) in [5, 5.41) is 3.48. The quantitative estimate of drug-likeness (QED) is 0.317. The van der Waals surface area contributed by atoms with Crippen molar-refractivity contribution >= 4 is 0 Å². The first-order valence-corrected chi connectivity index (χ1v) is 10.5. The van der Waals surface area contributed by atoms with E-state index in [1.165, 1.54) is 5.56 Å². The number of aromatic nitrogens is 2. The molecule has 0 aliphatic rings. The Morgan fingerprint density at radius 2 is 1.52 bits per heavy atom. The van der Waals surface area contributed by atoms with Gasteiger partial charge in [-0.1, -0.05) is 65.8 Å². The van der Waals surface area contributed by atoms with Crippen LogP contribution < -0.4 is 0 Å². The van der Waals surface area contributed by atoms with E-state index in [2.05, 4.69) is 64.5 Å². The van der Waals surface area contributed by atoms with Crippen LogP contribution in [0.15, 0.2) is 96.4 Å². The Morgan fingerprint density at radius 1 is 0.774 bits per heavy atom. The number of benzene rings is 2. The largest absolute Gasteiger partial charge is 0.262 e. The van der Waals surface area contributed by atoms with Crippen LogP contribution in [0.1, 0.15) is 46.5 Å². The van der Waals surface area contributed by atoms with Gasteiger partial charge in [0.25, 0.3) is 0 Å². The molecule has 0 aliphatic carbocycles. The van der Waals surface area contributed by atoms with Gasteiger partial charge in [0.15, 0.2) is 0 Å². The van der Waals surface area contributed by atoms with Crippen molar-refractivity contribution in [3.05, 3.63) is 124 Å². The van der Waals surface area contributed by atoms with Gasteiger partial charge in [-0.15, -0.1) is 0 Å². The first-order valence-electron chi connectivity index (χ1n) is 10.5. The topological polar surface area (TPSA) is 55.2 Å². The number of pyridine rings is 2. The number of nitroso groups, excluding NO2 is 1. The van der Waals surface area contributed by atoms with Crippen LogP contribution in [-0.2, 0) is 0 Å². The Labute approximate surface area is 183 Å². The standard InChI is InChI=1S/C27H25N3O/c1-19-7-6-15-29-27(19)25(18-26(30-31)24-14-16-28-20(2)17-24)23-12-10-22(11-13-23)21-8-4-3-5-9-21/h3-17,25-26H,18H2,1-2H3. The molecule has 2 unspecified atom stereocenters. The van der Waals surface area contributed by atoms with Crippen LogP contribution in [0.5, 0.6) is 0 Å². The third-order valence-corrected chi connectivity index (χ3v) is 5.69. The minimum atomic E-state index is -0.470. The van der Waals surface area contributed by atoms with Gasteiger partial charge in [0.05, 0.1) is 5.69 Å². The predicted octanol–water partition coefficient (Wildman–Crippen LogP) is 6.79. The molecule has 2 heterocycles. The first-order chi connectivity index (χ1) is 15.2. The van der Waals surface area contributed by atoms with E-state index in [1.54, 1.807) is 6.20 Å². The van der Waals surface area contributed by atoms with Gasteiger partial charge in [-0.3, -0.25) is 9.97 Å². The van der Waals surface area contributed by atoms with Crippen molar-refractivity contribution in [2.45, 2.75) is 32.2 Å². The molecule has 0 saturated heterocycles. The van der Waals surface area contributed by atoms with Gasteiger partial charge < -0.3 is 0 Å². The van der Waals surface area contributed by atoms with Crippen molar-refractivity contribution in [2.75, 3.05) is 0 Å². The molecule has 154 valence electrons. The molecule has 0 aliphatic heterocycles. The second kappa shape index (κ2) is 9.43. The smallest absolute Gasteiger partial charge is 0.118 e. The average molecular weight is 408 g/mol. The molecular formula is C27H25N3O. The Bertz CT molecular complexity index is 1160. The monoisotopic (exact) mass is 407 g/mol. The molecule has 2 aromatic heterocycles. The Balaban J connectivity index is 1.71. The maximum Gasteiger partial charge on any atom is 0.118 e. The third kappa shape index (κ3) is 4.75. The summed E-state index contributed by atoms with van der Waals surface area (Å²) in [6.07, 6.45) is 4.10. The molecule has 4 aromatic rings. The van der Waals surface area contributed by atoms with Gasteiger partial charge in [-0.2, -0.15) is 4.91 Å². The van der Waals surface area contributed by atoms with Crippen LogP contribution in [0.2, 0.25) is 0 Å². The van der Waals surface area contributed by atoms with Gasteiger partial charge in [0, 0.05) is 24.0 Å². The van der Waals surface area contributed by atoms with Gasteiger partial charge in [0.2, 0.25) is 0 Å². The summed E-state index contributed by atoms with van der Waals surface area (Å²) in [4.78, 5) is 20.8. The van der Waals surface area contributed by atoms with E-state index in [4.69, 9.17) is 0 Å². The highest BCUT2D eigenvalue weighted by Gasteiger charge is 2.24. The number of nitrogens with zero attached hydrogens (tertiary/aromatic N) is 3. The second-order valence-electron chi connectivity index (χ2n) is 7.83.